The summed E-state index contributed by atoms with van der Waals surface area (Å²) in [6.07, 6.45) is 2.68. The van der Waals surface area contributed by atoms with E-state index in [-0.39, 0.29) is 5.69 Å². The van der Waals surface area contributed by atoms with Crippen molar-refractivity contribution >= 4 is 17.6 Å². The van der Waals surface area contributed by atoms with Crippen molar-refractivity contribution in [2.45, 2.75) is 33.1 Å². The van der Waals surface area contributed by atoms with Gasteiger partial charge in [-0.15, -0.1) is 0 Å². The van der Waals surface area contributed by atoms with Crippen LogP contribution in [0.2, 0.25) is 5.02 Å². The van der Waals surface area contributed by atoms with Gasteiger partial charge in [-0.25, -0.2) is 9.48 Å². The normalized spacial score (nSPS) is 17.6. The predicted octanol–water partition coefficient (Wildman–Crippen LogP) is 3.66. The van der Waals surface area contributed by atoms with Crippen molar-refractivity contribution in [2.24, 2.45) is 5.92 Å². The van der Waals surface area contributed by atoms with Crippen LogP contribution in [0.1, 0.15) is 40.7 Å². The number of fused-ring (bicyclic) bond motifs is 1. The molecule has 1 unspecified atom stereocenters. The highest BCUT2D eigenvalue weighted by molar-refractivity contribution is 6.31. The maximum absolute atomic E-state index is 11.4. The SMILES string of the molecule is Cc1ccc(-n2nc(C(=O)O)c3c2CCC(C)C3)cc1Cl. The summed E-state index contributed by atoms with van der Waals surface area (Å²) < 4.78 is 1.75. The third-order valence-electron chi connectivity index (χ3n) is 4.12. The minimum absolute atomic E-state index is 0.174. The van der Waals surface area contributed by atoms with E-state index in [9.17, 15) is 9.90 Å². The fraction of sp³-hybridized carbons (Fsp3) is 0.375. The van der Waals surface area contributed by atoms with Crippen molar-refractivity contribution in [3.8, 4) is 5.69 Å². The van der Waals surface area contributed by atoms with E-state index < -0.39 is 5.97 Å². The van der Waals surface area contributed by atoms with Gasteiger partial charge in [0, 0.05) is 16.3 Å². The van der Waals surface area contributed by atoms with Gasteiger partial charge in [-0.2, -0.15) is 5.10 Å². The Hall–Kier alpha value is -1.81. The Kier molecular flexibility index (Phi) is 3.49. The van der Waals surface area contributed by atoms with Crippen molar-refractivity contribution in [3.63, 3.8) is 0 Å². The smallest absolute Gasteiger partial charge is 0.356 e. The van der Waals surface area contributed by atoms with Crippen LogP contribution in [0.3, 0.4) is 0 Å². The largest absolute Gasteiger partial charge is 0.476 e. The number of carboxylic acid groups (broad SMARTS) is 1. The highest BCUT2D eigenvalue weighted by Crippen LogP contribution is 2.30. The predicted molar refractivity (Wildman–Crippen MR) is 81.5 cm³/mol. The van der Waals surface area contributed by atoms with Crippen molar-refractivity contribution in [1.29, 1.82) is 0 Å². The number of aromatic nitrogens is 2. The van der Waals surface area contributed by atoms with Gasteiger partial charge in [-0.05, 0) is 49.8 Å². The summed E-state index contributed by atoms with van der Waals surface area (Å²) in [5.74, 6) is -0.466. The van der Waals surface area contributed by atoms with Crippen LogP contribution in [-0.2, 0) is 12.8 Å². The van der Waals surface area contributed by atoms with Gasteiger partial charge in [-0.3, -0.25) is 0 Å². The first kappa shape index (κ1) is 14.1. The molecule has 1 aliphatic rings. The third kappa shape index (κ3) is 2.44. The Morgan fingerprint density at radius 2 is 2.24 bits per heavy atom. The number of carboxylic acids is 1. The van der Waals surface area contributed by atoms with E-state index in [4.69, 9.17) is 11.6 Å². The molecule has 1 heterocycles. The van der Waals surface area contributed by atoms with Crippen LogP contribution in [-0.4, -0.2) is 20.9 Å². The van der Waals surface area contributed by atoms with E-state index in [1.54, 1.807) is 4.68 Å². The topological polar surface area (TPSA) is 55.1 Å². The fourth-order valence-corrected chi connectivity index (χ4v) is 3.06. The molecule has 4 nitrogen and oxygen atoms in total. The molecule has 0 spiro atoms. The van der Waals surface area contributed by atoms with Gasteiger partial charge in [0.25, 0.3) is 0 Å². The van der Waals surface area contributed by atoms with Crippen LogP contribution in [0.15, 0.2) is 18.2 Å². The monoisotopic (exact) mass is 304 g/mol. The molecule has 1 N–H and O–H groups in total. The number of aromatic carboxylic acids is 1. The van der Waals surface area contributed by atoms with E-state index in [1.165, 1.54) is 0 Å². The maximum Gasteiger partial charge on any atom is 0.356 e. The lowest BCUT2D eigenvalue weighted by molar-refractivity contribution is 0.0688. The average molecular weight is 305 g/mol. The maximum atomic E-state index is 11.4. The highest BCUT2D eigenvalue weighted by Gasteiger charge is 2.27. The molecule has 1 aromatic heterocycles. The lowest BCUT2D eigenvalue weighted by Crippen LogP contribution is -2.14. The van der Waals surface area contributed by atoms with Gasteiger partial charge in [0.2, 0.25) is 0 Å². The second-order valence-electron chi connectivity index (χ2n) is 5.77. The Morgan fingerprint density at radius 3 is 2.90 bits per heavy atom. The molecule has 3 rings (SSSR count). The van der Waals surface area contributed by atoms with Gasteiger partial charge in [0.15, 0.2) is 5.69 Å². The van der Waals surface area contributed by atoms with Crippen molar-refractivity contribution < 1.29 is 9.90 Å². The molecule has 0 radical (unpaired) electrons. The van der Waals surface area contributed by atoms with Gasteiger partial charge in [0.1, 0.15) is 0 Å². The van der Waals surface area contributed by atoms with Crippen molar-refractivity contribution in [1.82, 2.24) is 9.78 Å². The van der Waals surface area contributed by atoms with Crippen LogP contribution in [0, 0.1) is 12.8 Å². The van der Waals surface area contributed by atoms with Gasteiger partial charge < -0.3 is 5.11 Å². The van der Waals surface area contributed by atoms with Crippen LogP contribution < -0.4 is 0 Å². The van der Waals surface area contributed by atoms with E-state index in [0.717, 1.165) is 41.8 Å². The molecule has 1 aliphatic carbocycles. The van der Waals surface area contributed by atoms with Crippen LogP contribution in [0.25, 0.3) is 5.69 Å². The molecule has 2 aromatic rings. The molecule has 21 heavy (non-hydrogen) atoms. The number of carbonyl (C=O) groups is 1. The quantitative estimate of drug-likeness (QED) is 0.921. The second-order valence-corrected chi connectivity index (χ2v) is 6.18. The fourth-order valence-electron chi connectivity index (χ4n) is 2.89. The van der Waals surface area contributed by atoms with Crippen molar-refractivity contribution in [2.75, 3.05) is 0 Å². The van der Waals surface area contributed by atoms with Crippen molar-refractivity contribution in [3.05, 3.63) is 45.7 Å². The molecule has 0 bridgehead atoms. The summed E-state index contributed by atoms with van der Waals surface area (Å²) in [7, 11) is 0. The zero-order valence-electron chi connectivity index (χ0n) is 12.1. The summed E-state index contributed by atoms with van der Waals surface area (Å²) in [5.41, 5.74) is 3.87. The number of halogens is 1. The first-order valence-electron chi connectivity index (χ1n) is 7.08. The minimum Gasteiger partial charge on any atom is -0.476 e. The molecule has 110 valence electrons. The van der Waals surface area contributed by atoms with E-state index in [1.807, 2.05) is 25.1 Å². The molecule has 5 heteroatoms. The third-order valence-corrected chi connectivity index (χ3v) is 4.53. The minimum atomic E-state index is -0.961. The lowest BCUT2D eigenvalue weighted by atomic mass is 9.87. The van der Waals surface area contributed by atoms with E-state index in [0.29, 0.717) is 10.9 Å². The molecular formula is C16H17ClN2O2. The highest BCUT2D eigenvalue weighted by atomic mass is 35.5. The summed E-state index contributed by atoms with van der Waals surface area (Å²) in [6, 6.07) is 5.70. The number of nitrogens with zero attached hydrogens (tertiary/aromatic N) is 2. The molecule has 1 atom stereocenters. The Morgan fingerprint density at radius 1 is 1.48 bits per heavy atom. The molecule has 0 saturated heterocycles. The summed E-state index contributed by atoms with van der Waals surface area (Å²) in [5, 5.41) is 14.4. The Balaban J connectivity index is 2.17. The number of hydrogen-bond donors (Lipinski definition) is 1. The number of rotatable bonds is 2. The van der Waals surface area contributed by atoms with Crippen LogP contribution in [0.4, 0.5) is 0 Å². The summed E-state index contributed by atoms with van der Waals surface area (Å²) >= 11 is 6.18. The summed E-state index contributed by atoms with van der Waals surface area (Å²) in [6.45, 7) is 4.09. The van der Waals surface area contributed by atoms with Crippen LogP contribution in [0.5, 0.6) is 0 Å². The zero-order chi connectivity index (χ0) is 15.1. The van der Waals surface area contributed by atoms with E-state index in [2.05, 4.69) is 12.0 Å². The molecule has 1 aromatic carbocycles. The first-order chi connectivity index (χ1) is 9.97. The Bertz CT molecular complexity index is 721. The zero-order valence-corrected chi connectivity index (χ0v) is 12.8. The van der Waals surface area contributed by atoms with Crippen LogP contribution >= 0.6 is 11.6 Å². The first-order valence-corrected chi connectivity index (χ1v) is 7.45. The number of benzene rings is 1. The molecule has 0 aliphatic heterocycles. The van der Waals surface area contributed by atoms with Gasteiger partial charge in [-0.1, -0.05) is 24.6 Å². The Labute approximate surface area is 128 Å². The second kappa shape index (κ2) is 5.19. The lowest BCUT2D eigenvalue weighted by Gasteiger charge is -2.19. The molecule has 0 saturated carbocycles. The number of aryl methyl sites for hydroxylation is 1. The molecule has 0 amide bonds. The standard InChI is InChI=1S/C16H17ClN2O2/c1-9-3-6-14-12(7-9)15(16(20)21)18-19(14)11-5-4-10(2)13(17)8-11/h4-5,8-9H,3,6-7H2,1-2H3,(H,20,21). The summed E-state index contributed by atoms with van der Waals surface area (Å²) in [4.78, 5) is 11.4. The van der Waals surface area contributed by atoms with Gasteiger partial charge in [0.05, 0.1) is 5.69 Å². The average Bonchev–Trinajstić information content (AvgIpc) is 2.80. The van der Waals surface area contributed by atoms with E-state index >= 15 is 0 Å². The number of hydrogen-bond acceptors (Lipinski definition) is 2. The van der Waals surface area contributed by atoms with Gasteiger partial charge >= 0.3 is 5.97 Å². The molecule has 0 fully saturated rings. The molecular weight excluding hydrogens is 288 g/mol.